The lowest BCUT2D eigenvalue weighted by molar-refractivity contribution is 0.331. The quantitative estimate of drug-likeness (QED) is 0.0969. The van der Waals surface area contributed by atoms with Crippen molar-refractivity contribution in [2.45, 2.75) is 52.4 Å². The van der Waals surface area contributed by atoms with Crippen LogP contribution in [0.3, 0.4) is 0 Å². The van der Waals surface area contributed by atoms with Gasteiger partial charge in [-0.05, 0) is 92.6 Å². The Hall–Kier alpha value is -4.36. The molecule has 0 radical (unpaired) electrons. The van der Waals surface area contributed by atoms with E-state index in [0.29, 0.717) is 55.7 Å². The zero-order valence-electron chi connectivity index (χ0n) is 26.0. The van der Waals surface area contributed by atoms with Crippen molar-refractivity contribution < 1.29 is 4.74 Å². The Morgan fingerprint density at radius 1 is 0.341 bits per heavy atom. The van der Waals surface area contributed by atoms with Crippen molar-refractivity contribution in [3.05, 3.63) is 195 Å². The summed E-state index contributed by atoms with van der Waals surface area (Å²) in [5, 5.41) is 0. The van der Waals surface area contributed by atoms with Crippen LogP contribution >= 0.6 is 0 Å². The molecule has 1 nitrogen and oxygen atoms in total. The smallest absolute Gasteiger partial charge is 0.127 e. The molecule has 0 aliphatic carbocycles. The second kappa shape index (κ2) is 16.7. The molecule has 0 aromatic rings. The fraction of sp³-hybridized carbons (Fsp3) is 0.200. The van der Waals surface area contributed by atoms with Gasteiger partial charge in [0.1, 0.15) is 11.5 Å². The lowest BCUT2D eigenvalue weighted by Gasteiger charge is -2.22. The molecule has 0 saturated carbocycles. The van der Waals surface area contributed by atoms with Gasteiger partial charge in [-0.3, -0.25) is 0 Å². The van der Waals surface area contributed by atoms with Gasteiger partial charge in [0, 0.05) is 11.1 Å². The van der Waals surface area contributed by atoms with Gasteiger partial charge in [-0.15, -0.1) is 0 Å². The van der Waals surface area contributed by atoms with Gasteiger partial charge in [-0.2, -0.15) is 0 Å². The van der Waals surface area contributed by atoms with Crippen LogP contribution < -0.4 is 0 Å². The Morgan fingerprint density at radius 3 is 0.805 bits per heavy atom. The van der Waals surface area contributed by atoms with Crippen molar-refractivity contribution in [2.24, 2.45) is 0 Å². The molecule has 0 aromatic heterocycles. The highest BCUT2D eigenvalue weighted by molar-refractivity contribution is 5.68. The third-order valence-corrected chi connectivity index (χ3v) is 7.08. The molecule has 0 saturated heterocycles. The largest absolute Gasteiger partial charge is 0.457 e. The van der Waals surface area contributed by atoms with E-state index in [1.807, 2.05) is 0 Å². The van der Waals surface area contributed by atoms with Crippen LogP contribution in [-0.4, -0.2) is 0 Å². The van der Waals surface area contributed by atoms with E-state index in [0.717, 1.165) is 60.8 Å². The molecule has 1 heteroatoms. The summed E-state index contributed by atoms with van der Waals surface area (Å²) in [4.78, 5) is 0. The molecule has 0 aromatic carbocycles. The van der Waals surface area contributed by atoms with Crippen molar-refractivity contribution in [3.8, 4) is 0 Å². The lowest BCUT2D eigenvalue weighted by Crippen LogP contribution is -2.05. The van der Waals surface area contributed by atoms with Gasteiger partial charge < -0.3 is 4.74 Å². The van der Waals surface area contributed by atoms with E-state index < -0.39 is 0 Å². The van der Waals surface area contributed by atoms with Crippen molar-refractivity contribution in [3.63, 3.8) is 0 Å². The summed E-state index contributed by atoms with van der Waals surface area (Å²) < 4.78 is 5.90. The van der Waals surface area contributed by atoms with E-state index in [1.165, 1.54) is 0 Å². The number of hydrogen-bond acceptors (Lipinski definition) is 1. The molecule has 0 amide bonds. The maximum Gasteiger partial charge on any atom is 0.127 e. The van der Waals surface area contributed by atoms with E-state index in [-0.39, 0.29) is 11.5 Å². The van der Waals surface area contributed by atoms with E-state index in [1.54, 1.807) is 0 Å². The normalized spacial score (nSPS) is 9.90. The molecule has 0 fully saturated rings. The summed E-state index contributed by atoms with van der Waals surface area (Å²) in [5.74, 6) is 0.461. The van der Waals surface area contributed by atoms with Crippen molar-refractivity contribution in [2.75, 3.05) is 0 Å². The Bertz CT molecular complexity index is 1220. The Balaban J connectivity index is 5.36. The van der Waals surface area contributed by atoms with Crippen LogP contribution in [0.2, 0.25) is 0 Å². The van der Waals surface area contributed by atoms with E-state index >= 15 is 0 Å². The van der Waals surface area contributed by atoms with Gasteiger partial charge in [0.25, 0.3) is 0 Å². The molecule has 216 valence electrons. The molecule has 0 rings (SSSR count). The van der Waals surface area contributed by atoms with Crippen LogP contribution in [-0.2, 0) is 4.74 Å². The fourth-order valence-corrected chi connectivity index (χ4v) is 3.57. The first kappa shape index (κ1) is 36.6. The first-order valence-corrected chi connectivity index (χ1v) is 13.7. The first-order valence-electron chi connectivity index (χ1n) is 13.7. The van der Waals surface area contributed by atoms with Gasteiger partial charge >= 0.3 is 0 Å². The highest BCUT2D eigenvalue weighted by atomic mass is 16.5. The molecule has 0 spiro atoms. The predicted octanol–water partition coefficient (Wildman–Crippen LogP) is 12.2. The third kappa shape index (κ3) is 9.96. The lowest BCUT2D eigenvalue weighted by atomic mass is 9.86. The van der Waals surface area contributed by atoms with Crippen LogP contribution in [0.25, 0.3) is 0 Å². The second-order valence-corrected chi connectivity index (χ2v) is 10.1. The zero-order chi connectivity index (χ0) is 32.2. The van der Waals surface area contributed by atoms with Crippen LogP contribution in [0.4, 0.5) is 0 Å². The van der Waals surface area contributed by atoms with Crippen LogP contribution in [0.1, 0.15) is 52.4 Å². The molecule has 0 aliphatic rings. The number of rotatable bonds is 22. The van der Waals surface area contributed by atoms with Crippen molar-refractivity contribution >= 4 is 0 Å². The number of ether oxygens (including phenoxy) is 1. The fourth-order valence-electron chi connectivity index (χ4n) is 3.57. The summed E-state index contributed by atoms with van der Waals surface area (Å²) >= 11 is 0. The van der Waals surface area contributed by atoms with Crippen LogP contribution in [0.15, 0.2) is 195 Å². The highest BCUT2D eigenvalue weighted by Gasteiger charge is 2.19. The average molecular weight is 547 g/mol. The monoisotopic (exact) mass is 546 g/mol. The molecule has 0 aliphatic heterocycles. The molecule has 0 heterocycles. The first-order chi connectivity index (χ1) is 19.0. The van der Waals surface area contributed by atoms with Gasteiger partial charge in [0.05, 0.1) is 0 Å². The Morgan fingerprint density at radius 2 is 0.561 bits per heavy atom. The number of unbranched alkanes of at least 4 members (excludes halogenated alkanes) is 2. The van der Waals surface area contributed by atoms with Gasteiger partial charge in [-0.1, -0.05) is 132 Å². The Kier molecular flexibility index (Phi) is 14.9. The Labute approximate surface area is 251 Å². The second-order valence-electron chi connectivity index (χ2n) is 10.1. The van der Waals surface area contributed by atoms with Gasteiger partial charge in [0.15, 0.2) is 0 Å². The maximum absolute atomic E-state index is 5.90. The van der Waals surface area contributed by atoms with Crippen molar-refractivity contribution in [1.29, 1.82) is 0 Å². The van der Waals surface area contributed by atoms with Crippen molar-refractivity contribution in [1.82, 2.24) is 0 Å². The minimum absolute atomic E-state index is 0.231. The summed E-state index contributed by atoms with van der Waals surface area (Å²) in [6.07, 6.45) is 5.89. The molecule has 41 heavy (non-hydrogen) atoms. The highest BCUT2D eigenvalue weighted by Crippen LogP contribution is 2.36. The predicted molar refractivity (Wildman–Crippen MR) is 186 cm³/mol. The molecular weight excluding hydrogens is 496 g/mol. The zero-order valence-corrected chi connectivity index (χ0v) is 26.0. The van der Waals surface area contributed by atoms with E-state index in [2.05, 4.69) is 119 Å². The standard InChI is InChI=1S/C40H50O/c1-19-21-23-25(3)27(5)29(7)31(9)33(11)35(13)37(15)39(17)41-40(18)38(16)36(14)34(12)32(10)30(8)28(6)26(4)24-22-20-2/h3-24H2,1-2H3. The summed E-state index contributed by atoms with van der Waals surface area (Å²) in [7, 11) is 0. The summed E-state index contributed by atoms with van der Waals surface area (Å²) in [6.45, 7) is 70.1. The molecule has 0 N–H and O–H groups in total. The van der Waals surface area contributed by atoms with E-state index in [9.17, 15) is 0 Å². The average Bonchev–Trinajstić information content (AvgIpc) is 2.97. The number of allylic oxidation sites excluding steroid dienone is 12. The van der Waals surface area contributed by atoms with Gasteiger partial charge in [-0.25, -0.2) is 0 Å². The molecular formula is C40H50O. The SMILES string of the molecule is C=C(CCCC)C(=C)C(=C)C(=C)C(=C)C(=C)C(=C)C(=C)OC(=C)C(=C)C(=C)C(=C)C(=C)C(=C)C(=C)C(=C)CCCC. The van der Waals surface area contributed by atoms with E-state index in [4.69, 9.17) is 4.74 Å². The molecule has 0 atom stereocenters. The van der Waals surface area contributed by atoms with Crippen LogP contribution in [0.5, 0.6) is 0 Å². The third-order valence-electron chi connectivity index (χ3n) is 7.08. The maximum atomic E-state index is 5.90. The summed E-state index contributed by atoms with van der Waals surface area (Å²) in [6, 6.07) is 0. The molecule has 0 unspecified atom stereocenters. The summed E-state index contributed by atoms with van der Waals surface area (Å²) in [5.41, 5.74) is 8.81. The molecule has 0 bridgehead atoms. The topological polar surface area (TPSA) is 9.23 Å². The minimum atomic E-state index is 0.231. The van der Waals surface area contributed by atoms with Gasteiger partial charge in [0.2, 0.25) is 0 Å². The number of hydrogen-bond donors (Lipinski definition) is 0. The minimum Gasteiger partial charge on any atom is -0.457 e. The van der Waals surface area contributed by atoms with Crippen LogP contribution in [0, 0.1) is 0 Å².